The maximum atomic E-state index is 12.4. The molecule has 1 amide bonds. The Balaban J connectivity index is 1.64. The van der Waals surface area contributed by atoms with Crippen molar-refractivity contribution in [2.24, 2.45) is 17.8 Å². The summed E-state index contributed by atoms with van der Waals surface area (Å²) < 4.78 is 1.83. The highest BCUT2D eigenvalue weighted by Crippen LogP contribution is 2.49. The Morgan fingerprint density at radius 2 is 2.30 bits per heavy atom. The Bertz CT molecular complexity index is 508. The number of nitrogens with one attached hydrogen (secondary N) is 1. The monoisotopic (exact) mass is 275 g/mol. The zero-order valence-corrected chi connectivity index (χ0v) is 12.7. The van der Waals surface area contributed by atoms with Crippen molar-refractivity contribution in [1.82, 2.24) is 15.1 Å². The molecule has 0 saturated heterocycles. The van der Waals surface area contributed by atoms with Gasteiger partial charge < -0.3 is 5.32 Å². The maximum Gasteiger partial charge on any atom is 0.254 e. The molecule has 0 aromatic carbocycles. The number of fused-ring (bicyclic) bond motifs is 2. The van der Waals surface area contributed by atoms with Gasteiger partial charge in [0.05, 0.1) is 11.3 Å². The molecule has 4 nitrogen and oxygen atoms in total. The van der Waals surface area contributed by atoms with Crippen LogP contribution in [0.4, 0.5) is 0 Å². The van der Waals surface area contributed by atoms with Crippen LogP contribution in [0.2, 0.25) is 0 Å². The highest BCUT2D eigenvalue weighted by molar-refractivity contribution is 5.95. The molecule has 1 aromatic rings. The minimum Gasteiger partial charge on any atom is -0.349 e. The minimum absolute atomic E-state index is 0.0393. The van der Waals surface area contributed by atoms with E-state index in [1.807, 2.05) is 24.7 Å². The van der Waals surface area contributed by atoms with Gasteiger partial charge in [-0.1, -0.05) is 6.42 Å². The van der Waals surface area contributed by atoms with Crippen molar-refractivity contribution in [3.8, 4) is 0 Å². The van der Waals surface area contributed by atoms with Gasteiger partial charge in [0.2, 0.25) is 0 Å². The molecular formula is C16H25N3O. The van der Waals surface area contributed by atoms with E-state index in [1.54, 1.807) is 0 Å². The minimum atomic E-state index is 0.0393. The molecule has 2 bridgehead atoms. The molecule has 1 aromatic heterocycles. The first kappa shape index (κ1) is 13.7. The summed E-state index contributed by atoms with van der Waals surface area (Å²) in [6, 6.07) is 0.280. The highest BCUT2D eigenvalue weighted by Gasteiger charge is 2.42. The van der Waals surface area contributed by atoms with Crippen LogP contribution in [-0.4, -0.2) is 21.7 Å². The van der Waals surface area contributed by atoms with Gasteiger partial charge in [-0.05, 0) is 57.8 Å². The van der Waals surface area contributed by atoms with Crippen LogP contribution < -0.4 is 5.32 Å². The fourth-order valence-corrected chi connectivity index (χ4v) is 4.20. The van der Waals surface area contributed by atoms with Gasteiger partial charge >= 0.3 is 0 Å². The Labute approximate surface area is 120 Å². The topological polar surface area (TPSA) is 46.9 Å². The standard InChI is InChI=1S/C16H25N3O/c1-4-19-9-15(11(3)18-19)16(20)17-10(2)14-8-12-5-6-13(14)7-12/h9-10,12-14H,4-8H2,1-3H3,(H,17,20)/t10-,12-,13-,14+/m1/s1. The van der Waals surface area contributed by atoms with Crippen LogP contribution in [0, 0.1) is 24.7 Å². The summed E-state index contributed by atoms with van der Waals surface area (Å²) in [5.74, 6) is 2.49. The van der Waals surface area contributed by atoms with Crippen molar-refractivity contribution in [3.05, 3.63) is 17.5 Å². The first-order valence-corrected chi connectivity index (χ1v) is 7.93. The molecule has 4 heteroatoms. The van der Waals surface area contributed by atoms with E-state index in [0.29, 0.717) is 5.92 Å². The molecule has 2 saturated carbocycles. The average molecular weight is 275 g/mol. The van der Waals surface area contributed by atoms with E-state index < -0.39 is 0 Å². The molecule has 2 fully saturated rings. The van der Waals surface area contributed by atoms with Gasteiger partial charge in [0, 0.05) is 18.8 Å². The molecule has 0 unspecified atom stereocenters. The average Bonchev–Trinajstić information content (AvgIpc) is 3.12. The number of amides is 1. The maximum absolute atomic E-state index is 12.4. The molecule has 1 heterocycles. The van der Waals surface area contributed by atoms with E-state index in [0.717, 1.165) is 29.6 Å². The summed E-state index contributed by atoms with van der Waals surface area (Å²) >= 11 is 0. The number of carbonyl (C=O) groups is 1. The van der Waals surface area contributed by atoms with Crippen LogP contribution >= 0.6 is 0 Å². The van der Waals surface area contributed by atoms with E-state index in [4.69, 9.17) is 0 Å². The second-order valence-corrected chi connectivity index (χ2v) is 6.58. The lowest BCUT2D eigenvalue weighted by Gasteiger charge is -2.28. The lowest BCUT2D eigenvalue weighted by molar-refractivity contribution is 0.0914. The van der Waals surface area contributed by atoms with Gasteiger partial charge in [-0.2, -0.15) is 5.10 Å². The number of carbonyl (C=O) groups excluding carboxylic acids is 1. The van der Waals surface area contributed by atoms with Crippen molar-refractivity contribution in [2.45, 2.75) is 59.0 Å². The Hall–Kier alpha value is -1.32. The van der Waals surface area contributed by atoms with Crippen molar-refractivity contribution < 1.29 is 4.79 Å². The second-order valence-electron chi connectivity index (χ2n) is 6.58. The number of nitrogens with zero attached hydrogens (tertiary/aromatic N) is 2. The third-order valence-corrected chi connectivity index (χ3v) is 5.31. The van der Waals surface area contributed by atoms with Crippen LogP contribution in [0.15, 0.2) is 6.20 Å². The summed E-state index contributed by atoms with van der Waals surface area (Å²) in [4.78, 5) is 12.4. The van der Waals surface area contributed by atoms with Crippen LogP contribution in [-0.2, 0) is 6.54 Å². The molecule has 110 valence electrons. The largest absolute Gasteiger partial charge is 0.349 e. The fourth-order valence-electron chi connectivity index (χ4n) is 4.20. The number of hydrogen-bond acceptors (Lipinski definition) is 2. The molecule has 2 aliphatic rings. The van der Waals surface area contributed by atoms with Gasteiger partial charge in [0.1, 0.15) is 0 Å². The SMILES string of the molecule is CCn1cc(C(=O)N[C@H](C)[C@@H]2C[C@@H]3CC[C@@H]2C3)c(C)n1. The summed E-state index contributed by atoms with van der Waals surface area (Å²) in [6.45, 7) is 6.91. The molecule has 4 atom stereocenters. The van der Waals surface area contributed by atoms with Crippen LogP contribution in [0.25, 0.3) is 0 Å². The Morgan fingerprint density at radius 3 is 2.85 bits per heavy atom. The smallest absolute Gasteiger partial charge is 0.254 e. The van der Waals surface area contributed by atoms with E-state index >= 15 is 0 Å². The molecule has 2 aliphatic carbocycles. The van der Waals surface area contributed by atoms with Gasteiger partial charge in [0.25, 0.3) is 5.91 Å². The molecule has 3 rings (SSSR count). The summed E-state index contributed by atoms with van der Waals surface area (Å²) in [5, 5.41) is 7.56. The van der Waals surface area contributed by atoms with Crippen molar-refractivity contribution in [3.63, 3.8) is 0 Å². The van der Waals surface area contributed by atoms with E-state index in [1.165, 1.54) is 25.7 Å². The molecule has 0 spiro atoms. The lowest BCUT2D eigenvalue weighted by atomic mass is 9.84. The molecular weight excluding hydrogens is 250 g/mol. The molecule has 1 N–H and O–H groups in total. The van der Waals surface area contributed by atoms with Gasteiger partial charge in [-0.15, -0.1) is 0 Å². The van der Waals surface area contributed by atoms with Crippen LogP contribution in [0.5, 0.6) is 0 Å². The number of aryl methyl sites for hydroxylation is 2. The predicted octanol–water partition coefficient (Wildman–Crippen LogP) is 2.77. The van der Waals surface area contributed by atoms with Gasteiger partial charge in [-0.3, -0.25) is 9.48 Å². The summed E-state index contributed by atoms with van der Waals surface area (Å²) in [5.41, 5.74) is 1.55. The number of aromatic nitrogens is 2. The Morgan fingerprint density at radius 1 is 1.50 bits per heavy atom. The van der Waals surface area contributed by atoms with Crippen molar-refractivity contribution >= 4 is 5.91 Å². The lowest BCUT2D eigenvalue weighted by Crippen LogP contribution is -2.40. The first-order chi connectivity index (χ1) is 9.58. The zero-order chi connectivity index (χ0) is 14.3. The first-order valence-electron chi connectivity index (χ1n) is 7.93. The predicted molar refractivity (Wildman–Crippen MR) is 78.5 cm³/mol. The quantitative estimate of drug-likeness (QED) is 0.918. The van der Waals surface area contributed by atoms with E-state index in [-0.39, 0.29) is 11.9 Å². The van der Waals surface area contributed by atoms with Crippen LogP contribution in [0.3, 0.4) is 0 Å². The zero-order valence-electron chi connectivity index (χ0n) is 12.7. The fraction of sp³-hybridized carbons (Fsp3) is 0.750. The van der Waals surface area contributed by atoms with E-state index in [2.05, 4.69) is 17.3 Å². The third-order valence-electron chi connectivity index (χ3n) is 5.31. The summed E-state index contributed by atoms with van der Waals surface area (Å²) in [6.07, 6.45) is 7.32. The number of rotatable bonds is 4. The Kier molecular flexibility index (Phi) is 3.57. The number of hydrogen-bond donors (Lipinski definition) is 1. The van der Waals surface area contributed by atoms with Crippen molar-refractivity contribution in [2.75, 3.05) is 0 Å². The normalized spacial score (nSPS) is 29.6. The molecule has 0 radical (unpaired) electrons. The molecule has 0 aliphatic heterocycles. The summed E-state index contributed by atoms with van der Waals surface area (Å²) in [7, 11) is 0. The van der Waals surface area contributed by atoms with Gasteiger partial charge in [-0.25, -0.2) is 0 Å². The third kappa shape index (κ3) is 2.36. The molecule has 20 heavy (non-hydrogen) atoms. The van der Waals surface area contributed by atoms with E-state index in [9.17, 15) is 4.79 Å². The van der Waals surface area contributed by atoms with Gasteiger partial charge in [0.15, 0.2) is 0 Å². The highest BCUT2D eigenvalue weighted by atomic mass is 16.1. The van der Waals surface area contributed by atoms with Crippen molar-refractivity contribution in [1.29, 1.82) is 0 Å². The van der Waals surface area contributed by atoms with Crippen LogP contribution in [0.1, 0.15) is 55.6 Å². The second kappa shape index (κ2) is 5.23.